The third-order valence-corrected chi connectivity index (χ3v) is 5.23. The lowest BCUT2D eigenvalue weighted by Crippen LogP contribution is -2.46. The minimum atomic E-state index is 0.0373. The third kappa shape index (κ3) is 3.13. The first-order chi connectivity index (χ1) is 10.3. The average molecular weight is 286 g/mol. The van der Waals surface area contributed by atoms with Crippen LogP contribution in [0.3, 0.4) is 0 Å². The summed E-state index contributed by atoms with van der Waals surface area (Å²) >= 11 is 0. The van der Waals surface area contributed by atoms with Gasteiger partial charge in [-0.25, -0.2) is 0 Å². The summed E-state index contributed by atoms with van der Waals surface area (Å²) in [7, 11) is 0. The van der Waals surface area contributed by atoms with Gasteiger partial charge in [0, 0.05) is 6.04 Å². The van der Waals surface area contributed by atoms with Gasteiger partial charge in [-0.3, -0.25) is 4.79 Å². The lowest BCUT2D eigenvalue weighted by molar-refractivity contribution is -0.124. The van der Waals surface area contributed by atoms with E-state index in [0.29, 0.717) is 12.5 Å². The minimum absolute atomic E-state index is 0.0373. The second-order valence-corrected chi connectivity index (χ2v) is 6.54. The van der Waals surface area contributed by atoms with Crippen LogP contribution in [0.25, 0.3) is 0 Å². The number of carbonyl (C=O) groups is 1. The Hall–Kier alpha value is -1.35. The number of fused-ring (bicyclic) bond motifs is 1. The van der Waals surface area contributed by atoms with Crippen molar-refractivity contribution in [2.45, 2.75) is 56.9 Å². The molecule has 1 aromatic carbocycles. The summed E-state index contributed by atoms with van der Waals surface area (Å²) in [5, 5.41) is 3.31. The Kier molecular flexibility index (Phi) is 4.59. The van der Waals surface area contributed by atoms with Gasteiger partial charge in [0.05, 0.1) is 5.92 Å². The highest BCUT2D eigenvalue weighted by atomic mass is 16.1. The smallest absolute Gasteiger partial charge is 0.227 e. The Labute approximate surface area is 127 Å². The van der Waals surface area contributed by atoms with Gasteiger partial charge in [-0.2, -0.15) is 0 Å². The molecule has 3 rings (SSSR count). The van der Waals surface area contributed by atoms with E-state index in [1.165, 1.54) is 24.0 Å². The van der Waals surface area contributed by atoms with E-state index in [2.05, 4.69) is 23.5 Å². The normalized spacial score (nSPS) is 28.7. The molecule has 3 nitrogen and oxygen atoms in total. The lowest BCUT2D eigenvalue weighted by atomic mass is 9.80. The largest absolute Gasteiger partial charge is 0.353 e. The fourth-order valence-electron chi connectivity index (χ4n) is 3.99. The number of carbonyl (C=O) groups excluding carboxylic acids is 1. The fraction of sp³-hybridized carbons (Fsp3) is 0.611. The third-order valence-electron chi connectivity index (χ3n) is 5.23. The molecule has 0 bridgehead atoms. The van der Waals surface area contributed by atoms with E-state index < -0.39 is 0 Å². The van der Waals surface area contributed by atoms with Crippen molar-refractivity contribution < 1.29 is 4.79 Å². The standard InChI is InChI=1S/C18H26N2O/c19-12-14-7-2-4-11-17(14)20-18(21)16-10-5-8-13-6-1-3-9-15(13)16/h1,3,6,9,14,16-17H,2,4-5,7-8,10-12,19H2,(H,20,21). The van der Waals surface area contributed by atoms with Crippen molar-refractivity contribution in [3.63, 3.8) is 0 Å². The van der Waals surface area contributed by atoms with Gasteiger partial charge in [0.1, 0.15) is 0 Å². The Bertz CT molecular complexity index is 500. The molecule has 0 aromatic heterocycles. The number of nitrogens with two attached hydrogens (primary N) is 1. The number of hydrogen-bond acceptors (Lipinski definition) is 2. The van der Waals surface area contributed by atoms with Crippen molar-refractivity contribution in [1.82, 2.24) is 5.32 Å². The molecule has 114 valence electrons. The van der Waals surface area contributed by atoms with Gasteiger partial charge in [0.25, 0.3) is 0 Å². The maximum atomic E-state index is 12.7. The highest BCUT2D eigenvalue weighted by Gasteiger charge is 2.30. The van der Waals surface area contributed by atoms with Gasteiger partial charge in [0.15, 0.2) is 0 Å². The van der Waals surface area contributed by atoms with Crippen LogP contribution in [0.2, 0.25) is 0 Å². The molecule has 0 heterocycles. The van der Waals surface area contributed by atoms with Gasteiger partial charge in [-0.05, 0) is 55.7 Å². The van der Waals surface area contributed by atoms with Gasteiger partial charge < -0.3 is 11.1 Å². The zero-order valence-electron chi connectivity index (χ0n) is 12.7. The van der Waals surface area contributed by atoms with E-state index in [9.17, 15) is 4.79 Å². The van der Waals surface area contributed by atoms with E-state index in [-0.39, 0.29) is 17.9 Å². The van der Waals surface area contributed by atoms with Crippen LogP contribution in [0.15, 0.2) is 24.3 Å². The van der Waals surface area contributed by atoms with E-state index >= 15 is 0 Å². The molecule has 3 unspecified atom stereocenters. The number of nitrogens with one attached hydrogen (secondary N) is 1. The SMILES string of the molecule is NCC1CCCCC1NC(=O)C1CCCc2ccccc21. The van der Waals surface area contributed by atoms with Gasteiger partial charge >= 0.3 is 0 Å². The maximum Gasteiger partial charge on any atom is 0.227 e. The summed E-state index contributed by atoms with van der Waals surface area (Å²) in [6.07, 6.45) is 7.89. The van der Waals surface area contributed by atoms with Crippen molar-refractivity contribution in [2.24, 2.45) is 11.7 Å². The van der Waals surface area contributed by atoms with Crippen molar-refractivity contribution in [2.75, 3.05) is 6.54 Å². The van der Waals surface area contributed by atoms with E-state index in [1.807, 2.05) is 6.07 Å². The van der Waals surface area contributed by atoms with Crippen LogP contribution < -0.4 is 11.1 Å². The van der Waals surface area contributed by atoms with Crippen molar-refractivity contribution in [3.05, 3.63) is 35.4 Å². The van der Waals surface area contributed by atoms with Crippen LogP contribution in [-0.4, -0.2) is 18.5 Å². The predicted molar refractivity (Wildman–Crippen MR) is 85.1 cm³/mol. The van der Waals surface area contributed by atoms with E-state index in [1.54, 1.807) is 0 Å². The zero-order valence-corrected chi connectivity index (χ0v) is 12.7. The summed E-state index contributed by atoms with van der Waals surface area (Å²) in [6.45, 7) is 0.687. The molecule has 21 heavy (non-hydrogen) atoms. The number of benzene rings is 1. The van der Waals surface area contributed by atoms with Crippen LogP contribution in [-0.2, 0) is 11.2 Å². The number of hydrogen-bond donors (Lipinski definition) is 2. The molecule has 0 saturated heterocycles. The Morgan fingerprint density at radius 2 is 1.95 bits per heavy atom. The summed E-state index contributed by atoms with van der Waals surface area (Å²) in [4.78, 5) is 12.7. The maximum absolute atomic E-state index is 12.7. The predicted octanol–water partition coefficient (Wildman–Crippen LogP) is 2.74. The highest BCUT2D eigenvalue weighted by Crippen LogP contribution is 2.32. The monoisotopic (exact) mass is 286 g/mol. The first-order valence-electron chi connectivity index (χ1n) is 8.38. The molecule has 0 spiro atoms. The molecule has 1 aromatic rings. The average Bonchev–Trinajstić information content (AvgIpc) is 2.54. The summed E-state index contributed by atoms with van der Waals surface area (Å²) in [6, 6.07) is 8.70. The molecule has 0 aliphatic heterocycles. The topological polar surface area (TPSA) is 55.1 Å². The summed E-state index contributed by atoms with van der Waals surface area (Å²) in [5.74, 6) is 0.712. The number of rotatable bonds is 3. The Balaban J connectivity index is 1.71. The minimum Gasteiger partial charge on any atom is -0.353 e. The summed E-state index contributed by atoms with van der Waals surface area (Å²) in [5.41, 5.74) is 8.46. The lowest BCUT2D eigenvalue weighted by Gasteiger charge is -2.33. The molecular weight excluding hydrogens is 260 g/mol. The highest BCUT2D eigenvalue weighted by molar-refractivity contribution is 5.84. The molecule has 1 amide bonds. The molecule has 2 aliphatic rings. The number of amides is 1. The first kappa shape index (κ1) is 14.6. The van der Waals surface area contributed by atoms with Gasteiger partial charge in [-0.1, -0.05) is 37.1 Å². The molecule has 0 radical (unpaired) electrons. The molecular formula is C18H26N2O. The van der Waals surface area contributed by atoms with Gasteiger partial charge in [0.2, 0.25) is 5.91 Å². The van der Waals surface area contributed by atoms with Gasteiger partial charge in [-0.15, -0.1) is 0 Å². The Morgan fingerprint density at radius 1 is 1.14 bits per heavy atom. The Morgan fingerprint density at radius 3 is 2.81 bits per heavy atom. The van der Waals surface area contributed by atoms with Crippen molar-refractivity contribution in [1.29, 1.82) is 0 Å². The van der Waals surface area contributed by atoms with Crippen LogP contribution in [0, 0.1) is 5.92 Å². The quantitative estimate of drug-likeness (QED) is 0.897. The first-order valence-corrected chi connectivity index (χ1v) is 8.38. The van der Waals surface area contributed by atoms with E-state index in [0.717, 1.165) is 32.1 Å². The zero-order chi connectivity index (χ0) is 14.7. The molecule has 3 atom stereocenters. The molecule has 3 heteroatoms. The van der Waals surface area contributed by atoms with Crippen molar-refractivity contribution >= 4 is 5.91 Å². The second-order valence-electron chi connectivity index (χ2n) is 6.54. The molecule has 1 saturated carbocycles. The van der Waals surface area contributed by atoms with Crippen LogP contribution in [0.4, 0.5) is 0 Å². The molecule has 2 aliphatic carbocycles. The van der Waals surface area contributed by atoms with E-state index in [4.69, 9.17) is 5.73 Å². The summed E-state index contributed by atoms with van der Waals surface area (Å²) < 4.78 is 0. The van der Waals surface area contributed by atoms with Crippen LogP contribution in [0.1, 0.15) is 55.6 Å². The van der Waals surface area contributed by atoms with Crippen LogP contribution in [0.5, 0.6) is 0 Å². The fourth-order valence-corrected chi connectivity index (χ4v) is 3.99. The second kappa shape index (κ2) is 6.61. The molecule has 1 fully saturated rings. The van der Waals surface area contributed by atoms with Crippen molar-refractivity contribution in [3.8, 4) is 0 Å². The molecule has 3 N–H and O–H groups in total. The number of aryl methyl sites for hydroxylation is 1. The van der Waals surface area contributed by atoms with Crippen LogP contribution >= 0.6 is 0 Å².